The zero-order valence-electron chi connectivity index (χ0n) is 21.7. The molecule has 0 saturated heterocycles. The molecular formula is C36H21F2N3. The Kier molecular flexibility index (Phi) is 4.40. The zero-order chi connectivity index (χ0) is 27.2. The summed E-state index contributed by atoms with van der Waals surface area (Å²) >= 11 is 0. The summed E-state index contributed by atoms with van der Waals surface area (Å²) in [7, 11) is 0. The Morgan fingerprint density at radius 2 is 0.951 bits per heavy atom. The van der Waals surface area contributed by atoms with Crippen molar-refractivity contribution in [3.05, 3.63) is 133 Å². The van der Waals surface area contributed by atoms with Crippen LogP contribution in [0.1, 0.15) is 0 Å². The molecule has 0 atom stereocenters. The van der Waals surface area contributed by atoms with Gasteiger partial charge in [-0.1, -0.05) is 66.7 Å². The van der Waals surface area contributed by atoms with Gasteiger partial charge in [0.05, 0.1) is 27.6 Å². The minimum atomic E-state index is -0.293. The molecular weight excluding hydrogens is 512 g/mol. The van der Waals surface area contributed by atoms with Gasteiger partial charge >= 0.3 is 0 Å². The SMILES string of the molecule is Fc1cccc(-n2c3ccccc3c3c4[nH]c5ccccc5c4c4c(c5ccccc5n4-c4cccc(F)c4)c32)c1. The quantitative estimate of drug-likeness (QED) is 0.229. The minimum absolute atomic E-state index is 0.293. The topological polar surface area (TPSA) is 25.6 Å². The molecule has 3 heterocycles. The predicted molar refractivity (Wildman–Crippen MR) is 164 cm³/mol. The molecule has 0 unspecified atom stereocenters. The van der Waals surface area contributed by atoms with E-state index >= 15 is 0 Å². The minimum Gasteiger partial charge on any atom is -0.354 e. The van der Waals surface area contributed by atoms with Gasteiger partial charge in [-0.05, 0) is 54.6 Å². The van der Waals surface area contributed by atoms with E-state index in [1.165, 1.54) is 12.1 Å². The maximum absolute atomic E-state index is 14.7. The molecule has 0 aliphatic rings. The monoisotopic (exact) mass is 533 g/mol. The summed E-state index contributed by atoms with van der Waals surface area (Å²) in [5.41, 5.74) is 7.45. The number of nitrogens with zero attached hydrogens (tertiary/aromatic N) is 2. The second-order valence-corrected chi connectivity index (χ2v) is 10.5. The van der Waals surface area contributed by atoms with Gasteiger partial charge in [-0.15, -0.1) is 0 Å². The van der Waals surface area contributed by atoms with Gasteiger partial charge in [0.25, 0.3) is 0 Å². The second-order valence-electron chi connectivity index (χ2n) is 10.5. The van der Waals surface area contributed by atoms with E-state index in [-0.39, 0.29) is 11.6 Å². The number of hydrogen-bond donors (Lipinski definition) is 1. The molecule has 0 aliphatic heterocycles. The van der Waals surface area contributed by atoms with E-state index < -0.39 is 0 Å². The first-order chi connectivity index (χ1) is 20.2. The number of aromatic amines is 1. The highest BCUT2D eigenvalue weighted by Crippen LogP contribution is 2.48. The second kappa shape index (κ2) is 8.05. The summed E-state index contributed by atoms with van der Waals surface area (Å²) in [5, 5.41) is 6.41. The molecule has 41 heavy (non-hydrogen) atoms. The molecule has 9 rings (SSSR count). The van der Waals surface area contributed by atoms with E-state index in [1.54, 1.807) is 24.3 Å². The summed E-state index contributed by atoms with van der Waals surface area (Å²) in [6.07, 6.45) is 0. The van der Waals surface area contributed by atoms with Gasteiger partial charge in [0, 0.05) is 49.2 Å². The molecule has 0 saturated carbocycles. The molecule has 9 aromatic rings. The van der Waals surface area contributed by atoms with Crippen molar-refractivity contribution >= 4 is 65.4 Å². The third kappa shape index (κ3) is 2.95. The van der Waals surface area contributed by atoms with Crippen LogP contribution in [-0.4, -0.2) is 14.1 Å². The highest BCUT2D eigenvalue weighted by atomic mass is 19.1. The zero-order valence-corrected chi connectivity index (χ0v) is 21.7. The smallest absolute Gasteiger partial charge is 0.125 e. The van der Waals surface area contributed by atoms with E-state index in [1.807, 2.05) is 42.5 Å². The maximum Gasteiger partial charge on any atom is 0.125 e. The number of hydrogen-bond acceptors (Lipinski definition) is 0. The number of aromatic nitrogens is 3. The molecule has 5 heteroatoms. The van der Waals surface area contributed by atoms with Crippen LogP contribution in [0.2, 0.25) is 0 Å². The molecule has 0 fully saturated rings. The van der Waals surface area contributed by atoms with Crippen molar-refractivity contribution in [2.45, 2.75) is 0 Å². The van der Waals surface area contributed by atoms with Crippen LogP contribution in [0.15, 0.2) is 121 Å². The van der Waals surface area contributed by atoms with Crippen molar-refractivity contribution in [2.24, 2.45) is 0 Å². The lowest BCUT2D eigenvalue weighted by Gasteiger charge is -2.12. The Bertz CT molecular complexity index is 2430. The van der Waals surface area contributed by atoms with Crippen molar-refractivity contribution in [3.63, 3.8) is 0 Å². The lowest BCUT2D eigenvalue weighted by atomic mass is 10.0. The van der Waals surface area contributed by atoms with Crippen molar-refractivity contribution < 1.29 is 8.78 Å². The first-order valence-electron chi connectivity index (χ1n) is 13.6. The van der Waals surface area contributed by atoms with Crippen LogP contribution in [0, 0.1) is 11.6 Å². The van der Waals surface area contributed by atoms with Crippen LogP contribution in [0.4, 0.5) is 8.78 Å². The van der Waals surface area contributed by atoms with Gasteiger partial charge in [0.1, 0.15) is 11.6 Å². The van der Waals surface area contributed by atoms with E-state index in [2.05, 4.69) is 56.6 Å². The number of benzene rings is 6. The molecule has 3 aromatic heterocycles. The van der Waals surface area contributed by atoms with Crippen LogP contribution >= 0.6 is 0 Å². The van der Waals surface area contributed by atoms with Gasteiger partial charge < -0.3 is 14.1 Å². The molecule has 0 aliphatic carbocycles. The summed E-state index contributed by atoms with van der Waals surface area (Å²) < 4.78 is 33.8. The first-order valence-corrected chi connectivity index (χ1v) is 13.6. The number of H-pyrrole nitrogens is 1. The Hall–Kier alpha value is -5.42. The van der Waals surface area contributed by atoms with Crippen molar-refractivity contribution in [1.82, 2.24) is 14.1 Å². The largest absolute Gasteiger partial charge is 0.354 e. The van der Waals surface area contributed by atoms with Crippen LogP contribution < -0.4 is 0 Å². The lowest BCUT2D eigenvalue weighted by Crippen LogP contribution is -1.97. The standard InChI is InChI=1S/C36H21F2N3/c37-21-9-7-11-23(19-21)40-29-17-5-2-14-26(29)32-34-31(25-13-1-4-16-28(25)39-34)35-33(36(32)40)27-15-3-6-18-30(27)41(35)24-12-8-10-22(38)20-24/h1-20,39H. The fourth-order valence-corrected chi connectivity index (χ4v) is 6.79. The number of para-hydroxylation sites is 3. The molecule has 0 amide bonds. The highest BCUT2D eigenvalue weighted by molar-refractivity contribution is 6.39. The average Bonchev–Trinajstić information content (AvgIpc) is 3.65. The fraction of sp³-hybridized carbons (Fsp3) is 0. The van der Waals surface area contributed by atoms with Gasteiger partial charge in [-0.2, -0.15) is 0 Å². The molecule has 194 valence electrons. The van der Waals surface area contributed by atoms with Gasteiger partial charge in [0.2, 0.25) is 0 Å². The molecule has 0 radical (unpaired) electrons. The van der Waals surface area contributed by atoms with E-state index in [9.17, 15) is 8.78 Å². The molecule has 0 bridgehead atoms. The number of rotatable bonds is 2. The predicted octanol–water partition coefficient (Wildman–Crippen LogP) is 9.79. The van der Waals surface area contributed by atoms with Gasteiger partial charge in [-0.3, -0.25) is 0 Å². The van der Waals surface area contributed by atoms with Crippen LogP contribution in [0.5, 0.6) is 0 Å². The Balaban J connectivity index is 1.68. The number of fused-ring (bicyclic) bond motifs is 12. The van der Waals surface area contributed by atoms with Crippen LogP contribution in [-0.2, 0) is 0 Å². The van der Waals surface area contributed by atoms with Crippen molar-refractivity contribution in [2.75, 3.05) is 0 Å². The van der Waals surface area contributed by atoms with Crippen LogP contribution in [0.25, 0.3) is 76.8 Å². The molecule has 6 aromatic carbocycles. The molecule has 0 spiro atoms. The Morgan fingerprint density at radius 1 is 0.463 bits per heavy atom. The maximum atomic E-state index is 14.7. The van der Waals surface area contributed by atoms with Crippen molar-refractivity contribution in [1.29, 1.82) is 0 Å². The van der Waals surface area contributed by atoms with E-state index in [4.69, 9.17) is 0 Å². The highest BCUT2D eigenvalue weighted by Gasteiger charge is 2.26. The summed E-state index contributed by atoms with van der Waals surface area (Å²) in [5.74, 6) is -0.586. The van der Waals surface area contributed by atoms with E-state index in [0.717, 1.165) is 76.8 Å². The Morgan fingerprint density at radius 3 is 1.54 bits per heavy atom. The summed E-state index contributed by atoms with van der Waals surface area (Å²) in [6.45, 7) is 0. The number of halogens is 2. The fourth-order valence-electron chi connectivity index (χ4n) is 6.79. The van der Waals surface area contributed by atoms with Gasteiger partial charge in [-0.25, -0.2) is 8.78 Å². The molecule has 1 N–H and O–H groups in total. The third-order valence-electron chi connectivity index (χ3n) is 8.31. The average molecular weight is 534 g/mol. The normalized spacial score (nSPS) is 12.1. The summed E-state index contributed by atoms with van der Waals surface area (Å²) in [6, 6.07) is 38.4. The van der Waals surface area contributed by atoms with Gasteiger partial charge in [0.15, 0.2) is 0 Å². The number of nitrogens with one attached hydrogen (secondary N) is 1. The summed E-state index contributed by atoms with van der Waals surface area (Å²) in [4.78, 5) is 3.74. The van der Waals surface area contributed by atoms with Crippen LogP contribution in [0.3, 0.4) is 0 Å². The van der Waals surface area contributed by atoms with E-state index in [0.29, 0.717) is 0 Å². The third-order valence-corrected chi connectivity index (χ3v) is 8.31. The van der Waals surface area contributed by atoms with Crippen molar-refractivity contribution in [3.8, 4) is 11.4 Å². The Labute approximate surface area is 232 Å². The molecule has 3 nitrogen and oxygen atoms in total. The first kappa shape index (κ1) is 22.4. The lowest BCUT2D eigenvalue weighted by molar-refractivity contribution is 0.626.